The highest BCUT2D eigenvalue weighted by molar-refractivity contribution is 9.14. The normalized spacial score (nSPS) is 20.7. The molecule has 2 aliphatic heterocycles. The molecule has 0 aliphatic carbocycles. The first-order valence-electron chi connectivity index (χ1n) is 7.62. The third-order valence-electron chi connectivity index (χ3n) is 4.66. The van der Waals surface area contributed by atoms with E-state index in [1.54, 1.807) is 0 Å². The highest BCUT2D eigenvalue weighted by atomic mass is 79.9. The predicted octanol–water partition coefficient (Wildman–Crippen LogP) is 4.49. The number of halogens is 4. The molecule has 2 aromatic rings. The lowest BCUT2D eigenvalue weighted by Crippen LogP contribution is -2.50. The summed E-state index contributed by atoms with van der Waals surface area (Å²) in [6.45, 7) is 6.37. The molecule has 1 N–H and O–H groups in total. The van der Waals surface area contributed by atoms with Crippen molar-refractivity contribution in [1.29, 1.82) is 0 Å². The van der Waals surface area contributed by atoms with Gasteiger partial charge in [-0.25, -0.2) is 4.98 Å². The molecule has 1 unspecified atom stereocenters. The number of piperazine rings is 1. The quantitative estimate of drug-likeness (QED) is 0.553. The summed E-state index contributed by atoms with van der Waals surface area (Å²) < 4.78 is 5.69. The monoisotopic (exact) mass is 526 g/mol. The van der Waals surface area contributed by atoms with E-state index in [4.69, 9.17) is 4.98 Å². The van der Waals surface area contributed by atoms with Crippen molar-refractivity contribution < 1.29 is 0 Å². The van der Waals surface area contributed by atoms with Crippen LogP contribution in [0.2, 0.25) is 0 Å². The van der Waals surface area contributed by atoms with Gasteiger partial charge in [0, 0.05) is 41.2 Å². The smallest absolute Gasteiger partial charge is 0.206 e. The van der Waals surface area contributed by atoms with Gasteiger partial charge in [-0.2, -0.15) is 0 Å². The van der Waals surface area contributed by atoms with E-state index in [2.05, 4.69) is 69.5 Å². The molecular formula is C15H18Br3ClN4. The van der Waals surface area contributed by atoms with Crippen molar-refractivity contribution in [1.82, 2.24) is 14.9 Å². The second kappa shape index (κ2) is 6.83. The summed E-state index contributed by atoms with van der Waals surface area (Å²) in [6, 6.07) is 0.470. The maximum atomic E-state index is 5.02. The van der Waals surface area contributed by atoms with Gasteiger partial charge in [0.05, 0.1) is 9.99 Å². The van der Waals surface area contributed by atoms with Gasteiger partial charge in [0.2, 0.25) is 5.95 Å². The Labute approximate surface area is 167 Å². The van der Waals surface area contributed by atoms with E-state index in [1.165, 1.54) is 17.5 Å². The molecule has 1 aromatic heterocycles. The van der Waals surface area contributed by atoms with E-state index in [1.807, 2.05) is 0 Å². The van der Waals surface area contributed by atoms with Crippen LogP contribution in [0.3, 0.4) is 0 Å². The number of hydrogen-bond donors (Lipinski definition) is 1. The number of aromatic nitrogens is 2. The molecule has 0 bridgehead atoms. The van der Waals surface area contributed by atoms with Gasteiger partial charge in [-0.3, -0.25) is 0 Å². The lowest BCUT2D eigenvalue weighted by Gasteiger charge is -2.35. The van der Waals surface area contributed by atoms with Crippen molar-refractivity contribution in [3.05, 3.63) is 19.0 Å². The van der Waals surface area contributed by atoms with Crippen LogP contribution in [-0.2, 0) is 13.0 Å². The van der Waals surface area contributed by atoms with Crippen LogP contribution in [0.5, 0.6) is 0 Å². The number of nitrogens with one attached hydrogen (secondary N) is 1. The van der Waals surface area contributed by atoms with Crippen LogP contribution in [0.15, 0.2) is 13.4 Å². The molecule has 3 heterocycles. The van der Waals surface area contributed by atoms with Gasteiger partial charge in [0.15, 0.2) is 0 Å². The van der Waals surface area contributed by atoms with E-state index in [0.717, 1.165) is 57.5 Å². The molecule has 1 atom stereocenters. The Morgan fingerprint density at radius 3 is 2.65 bits per heavy atom. The Kier molecular flexibility index (Phi) is 5.34. The molecule has 126 valence electrons. The Morgan fingerprint density at radius 1 is 1.13 bits per heavy atom. The van der Waals surface area contributed by atoms with E-state index in [0.29, 0.717) is 6.04 Å². The van der Waals surface area contributed by atoms with Crippen molar-refractivity contribution in [2.24, 2.45) is 0 Å². The zero-order chi connectivity index (χ0) is 15.4. The SMILES string of the molecule is CC1CNCCN1c1nc2c(Br)c(Br)c(Br)c3c2n1CCC3.Cl. The van der Waals surface area contributed by atoms with E-state index < -0.39 is 0 Å². The first-order chi connectivity index (χ1) is 10.6. The van der Waals surface area contributed by atoms with Crippen molar-refractivity contribution in [3.8, 4) is 0 Å². The highest BCUT2D eigenvalue weighted by Gasteiger charge is 2.29. The second-order valence-corrected chi connectivity index (χ2v) is 8.41. The largest absolute Gasteiger partial charge is 0.337 e. The van der Waals surface area contributed by atoms with Crippen molar-refractivity contribution in [2.75, 3.05) is 24.5 Å². The van der Waals surface area contributed by atoms with Crippen LogP contribution in [0.25, 0.3) is 11.0 Å². The maximum absolute atomic E-state index is 5.02. The Morgan fingerprint density at radius 2 is 1.91 bits per heavy atom. The van der Waals surface area contributed by atoms with Crippen molar-refractivity contribution in [2.45, 2.75) is 32.4 Å². The third kappa shape index (κ3) is 2.76. The van der Waals surface area contributed by atoms with Crippen LogP contribution in [0.4, 0.5) is 5.95 Å². The lowest BCUT2D eigenvalue weighted by atomic mass is 10.0. The van der Waals surface area contributed by atoms with Crippen molar-refractivity contribution in [3.63, 3.8) is 0 Å². The predicted molar refractivity (Wildman–Crippen MR) is 108 cm³/mol. The van der Waals surface area contributed by atoms with Gasteiger partial charge < -0.3 is 14.8 Å². The molecular weight excluding hydrogens is 511 g/mol. The van der Waals surface area contributed by atoms with Crippen LogP contribution in [-0.4, -0.2) is 35.2 Å². The topological polar surface area (TPSA) is 33.1 Å². The lowest BCUT2D eigenvalue weighted by molar-refractivity contribution is 0.482. The molecule has 4 rings (SSSR count). The molecule has 0 radical (unpaired) electrons. The van der Waals surface area contributed by atoms with Gasteiger partial charge in [-0.15, -0.1) is 12.4 Å². The summed E-state index contributed by atoms with van der Waals surface area (Å²) in [5.74, 6) is 1.12. The average Bonchev–Trinajstić information content (AvgIpc) is 2.92. The zero-order valence-corrected chi connectivity index (χ0v) is 18.3. The number of aryl methyl sites for hydroxylation is 2. The number of hydrogen-bond acceptors (Lipinski definition) is 3. The molecule has 0 amide bonds. The number of imidazole rings is 1. The summed E-state index contributed by atoms with van der Waals surface area (Å²) in [7, 11) is 0. The summed E-state index contributed by atoms with van der Waals surface area (Å²) in [5.41, 5.74) is 3.73. The standard InChI is InChI=1S/C15H17Br3N4.ClH/c1-8-7-19-4-6-21(8)15-20-13-12(18)11(17)10(16)9-3-2-5-22(15)14(9)13;/h8,19H,2-7H2,1H3;1H. The molecule has 2 aliphatic rings. The minimum atomic E-state index is 0. The third-order valence-corrected chi connectivity index (χ3v) is 8.16. The van der Waals surface area contributed by atoms with Gasteiger partial charge >= 0.3 is 0 Å². The molecule has 8 heteroatoms. The molecule has 0 spiro atoms. The van der Waals surface area contributed by atoms with Crippen LogP contribution in [0, 0.1) is 0 Å². The highest BCUT2D eigenvalue weighted by Crippen LogP contribution is 2.44. The number of nitrogens with zero attached hydrogens (tertiary/aromatic N) is 3. The molecule has 1 saturated heterocycles. The van der Waals surface area contributed by atoms with E-state index in [9.17, 15) is 0 Å². The van der Waals surface area contributed by atoms with Crippen LogP contribution in [0.1, 0.15) is 18.9 Å². The Hall–Kier alpha value is 0.180. The first-order valence-corrected chi connectivity index (χ1v) is 10.0. The maximum Gasteiger partial charge on any atom is 0.206 e. The first kappa shape index (κ1) is 18.0. The van der Waals surface area contributed by atoms with Crippen LogP contribution < -0.4 is 10.2 Å². The fourth-order valence-electron chi connectivity index (χ4n) is 3.55. The fourth-order valence-corrected chi connectivity index (χ4v) is 5.30. The summed E-state index contributed by atoms with van der Waals surface area (Å²) >= 11 is 11.2. The van der Waals surface area contributed by atoms with E-state index >= 15 is 0 Å². The van der Waals surface area contributed by atoms with E-state index in [-0.39, 0.29) is 12.4 Å². The summed E-state index contributed by atoms with van der Waals surface area (Å²) in [4.78, 5) is 7.47. The Balaban J connectivity index is 0.00000156. The second-order valence-electron chi connectivity index (χ2n) is 6.03. The minimum absolute atomic E-state index is 0. The van der Waals surface area contributed by atoms with Crippen molar-refractivity contribution >= 4 is 77.2 Å². The average molecular weight is 530 g/mol. The molecule has 23 heavy (non-hydrogen) atoms. The number of rotatable bonds is 1. The molecule has 1 fully saturated rings. The van der Waals surface area contributed by atoms with Gasteiger partial charge in [-0.1, -0.05) is 0 Å². The number of benzene rings is 1. The fraction of sp³-hybridized carbons (Fsp3) is 0.533. The summed E-state index contributed by atoms with van der Waals surface area (Å²) in [5, 5.41) is 3.46. The van der Waals surface area contributed by atoms with Gasteiger partial charge in [0.1, 0.15) is 5.52 Å². The molecule has 0 saturated carbocycles. The molecule has 1 aromatic carbocycles. The minimum Gasteiger partial charge on any atom is -0.337 e. The van der Waals surface area contributed by atoms with Gasteiger partial charge in [-0.05, 0) is 73.1 Å². The number of anilines is 1. The summed E-state index contributed by atoms with van der Waals surface area (Å²) in [6.07, 6.45) is 2.27. The van der Waals surface area contributed by atoms with Gasteiger partial charge in [0.25, 0.3) is 0 Å². The zero-order valence-electron chi connectivity index (χ0n) is 12.7. The van der Waals surface area contributed by atoms with Crippen LogP contribution >= 0.6 is 60.2 Å². The Bertz CT molecular complexity index is 761. The molecule has 4 nitrogen and oxygen atoms in total.